The van der Waals surface area contributed by atoms with Crippen molar-refractivity contribution in [2.45, 2.75) is 81.1 Å². The highest BCUT2D eigenvalue weighted by Crippen LogP contribution is 2.50. The molecule has 0 radical (unpaired) electrons. The normalized spacial score (nSPS) is 35.9. The summed E-state index contributed by atoms with van der Waals surface area (Å²) in [6.45, 7) is 10.4. The minimum absolute atomic E-state index is 0.0586. The van der Waals surface area contributed by atoms with Gasteiger partial charge < -0.3 is 24.0 Å². The maximum absolute atomic E-state index is 14.4. The minimum atomic E-state index is -3.02. The van der Waals surface area contributed by atoms with Gasteiger partial charge in [0.25, 0.3) is 5.91 Å². The van der Waals surface area contributed by atoms with E-state index in [9.17, 15) is 13.8 Å². The van der Waals surface area contributed by atoms with Crippen LogP contribution in [0.5, 0.6) is 5.75 Å². The Hall–Kier alpha value is -3.09. The lowest BCUT2D eigenvalue weighted by atomic mass is 9.62. The first-order chi connectivity index (χ1) is 26.4. The monoisotopic (exact) mass is 792 g/mol. The van der Waals surface area contributed by atoms with E-state index in [1.165, 1.54) is 11.1 Å². The summed E-state index contributed by atoms with van der Waals surface area (Å²) in [5.74, 6) is 4.73. The van der Waals surface area contributed by atoms with E-state index in [1.807, 2.05) is 36.9 Å². The number of piperazine rings is 1. The fourth-order valence-electron chi connectivity index (χ4n) is 10.3. The van der Waals surface area contributed by atoms with Gasteiger partial charge in [0.15, 0.2) is 0 Å². The molecule has 1 N–H and O–H groups in total. The summed E-state index contributed by atoms with van der Waals surface area (Å²) in [5, 5.41) is 0.336. The molecule has 2 aliphatic carbocycles. The van der Waals surface area contributed by atoms with Gasteiger partial charge in [0.1, 0.15) is 5.75 Å². The lowest BCUT2D eigenvalue weighted by Crippen LogP contribution is -2.60. The van der Waals surface area contributed by atoms with Gasteiger partial charge in [-0.25, -0.2) is 4.21 Å². The molecule has 2 aromatic rings. The van der Waals surface area contributed by atoms with Crippen molar-refractivity contribution < 1.29 is 28.0 Å². The van der Waals surface area contributed by atoms with Crippen molar-refractivity contribution in [3.05, 3.63) is 70.3 Å². The van der Waals surface area contributed by atoms with Gasteiger partial charge in [-0.3, -0.25) is 19.2 Å². The molecule has 2 amide bonds. The molecule has 3 fully saturated rings. The summed E-state index contributed by atoms with van der Waals surface area (Å²) in [5.41, 5.74) is 2.70. The van der Waals surface area contributed by atoms with Crippen LogP contribution in [0.1, 0.15) is 73.9 Å². The number of ether oxygens (including phenoxy) is 3. The van der Waals surface area contributed by atoms with Crippen molar-refractivity contribution in [3.8, 4) is 5.75 Å². The quantitative estimate of drug-likeness (QED) is 0.322. The third kappa shape index (κ3) is 7.44. The number of benzene rings is 2. The number of fused-ring (bicyclic) bond motifs is 5. The summed E-state index contributed by atoms with van der Waals surface area (Å²) >= 11 is 6.51. The van der Waals surface area contributed by atoms with Crippen LogP contribution < -0.4 is 14.4 Å². The van der Waals surface area contributed by atoms with Crippen LogP contribution in [0.15, 0.2) is 48.6 Å². The third-order valence-electron chi connectivity index (χ3n) is 14.0. The second-order valence-corrected chi connectivity index (χ2v) is 20.0. The summed E-state index contributed by atoms with van der Waals surface area (Å²) < 4.78 is 36.0. The number of morpholine rings is 1. The van der Waals surface area contributed by atoms with Crippen LogP contribution in [0.2, 0.25) is 5.02 Å². The Labute approximate surface area is 332 Å². The first kappa shape index (κ1) is 38.8. The summed E-state index contributed by atoms with van der Waals surface area (Å²) in [6, 6.07) is 12.0. The van der Waals surface area contributed by atoms with E-state index in [2.05, 4.69) is 44.7 Å². The largest absolute Gasteiger partial charge is 0.490 e. The fraction of sp³-hybridized carbons (Fsp3) is 0.605. The highest BCUT2D eigenvalue weighted by molar-refractivity contribution is 7.99. The van der Waals surface area contributed by atoms with Gasteiger partial charge in [0.05, 0.1) is 53.3 Å². The zero-order chi connectivity index (χ0) is 38.5. The standard InChI is InChI=1S/C43H57ClN4O6S/c1-29-7-5-16-43(52-3,23-40(49)47-18-17-46-19-20-53-26-35(46)25-47)37-12-9-33(37)24-48-27-42(15-6-8-31-21-34(44)11-13-36(31)42)28-54-39-14-10-32(22-38(39)48)41(50)45-55(4,51)30(29)2/h5,10-11,13-14,16,21-22,29-30,33,35,37H,4,6-9,12,15,17-20,23-28H2,1-3H3,(H,45,50,51)/b16-5+/t29-,30+,33-,35+,37+,42-,43+,55?/m0/s1. The molecule has 12 heteroatoms. The van der Waals surface area contributed by atoms with Crippen LogP contribution in [-0.4, -0.2) is 115 Å². The number of aryl methyl sites for hydroxylation is 1. The topological polar surface area (TPSA) is 101 Å². The van der Waals surface area contributed by atoms with E-state index in [0.717, 1.165) is 68.3 Å². The molecule has 4 aliphatic heterocycles. The Balaban J connectivity index is 1.17. The molecule has 4 heterocycles. The molecule has 8 atom stereocenters. The molecule has 6 aliphatic rings. The third-order valence-corrected chi connectivity index (χ3v) is 16.4. The number of hydrogen-bond donors (Lipinski definition) is 1. The maximum Gasteiger partial charge on any atom is 0.262 e. The molecule has 10 nitrogen and oxygen atoms in total. The molecular formula is C43H57ClN4O6S. The Morgan fingerprint density at radius 3 is 2.78 bits per heavy atom. The van der Waals surface area contributed by atoms with Gasteiger partial charge in [-0.05, 0) is 111 Å². The number of carbonyl (C=O) groups excluding carboxylic acids is 2. The number of rotatable bonds is 3. The number of halogens is 1. The molecule has 2 bridgehead atoms. The van der Waals surface area contributed by atoms with E-state index in [4.69, 9.17) is 25.8 Å². The van der Waals surface area contributed by atoms with Gasteiger partial charge >= 0.3 is 0 Å². The predicted molar refractivity (Wildman–Crippen MR) is 219 cm³/mol. The van der Waals surface area contributed by atoms with Gasteiger partial charge in [-0.15, -0.1) is 0 Å². The zero-order valence-electron chi connectivity index (χ0n) is 32.6. The zero-order valence-corrected chi connectivity index (χ0v) is 34.2. The highest BCUT2D eigenvalue weighted by Gasteiger charge is 2.50. The molecule has 2 aromatic carbocycles. The van der Waals surface area contributed by atoms with E-state index in [0.29, 0.717) is 51.4 Å². The first-order valence-corrected chi connectivity index (χ1v) is 22.4. The number of carbonyl (C=O) groups is 2. The number of nitrogens with one attached hydrogen (secondary N) is 1. The molecule has 1 saturated carbocycles. The number of allylic oxidation sites excluding steroid dienone is 1. The number of nitrogens with zero attached hydrogens (tertiary/aromatic N) is 3. The second kappa shape index (κ2) is 15.3. The Kier molecular flexibility index (Phi) is 10.8. The predicted octanol–water partition coefficient (Wildman–Crippen LogP) is 5.50. The molecule has 0 aromatic heterocycles. The number of anilines is 1. The molecule has 298 valence electrons. The van der Waals surface area contributed by atoms with Crippen LogP contribution in [-0.2, 0) is 35.8 Å². The highest BCUT2D eigenvalue weighted by atomic mass is 35.5. The van der Waals surface area contributed by atoms with E-state index < -0.39 is 26.5 Å². The van der Waals surface area contributed by atoms with Crippen molar-refractivity contribution >= 4 is 44.7 Å². The van der Waals surface area contributed by atoms with Crippen molar-refractivity contribution in [2.24, 2.45) is 17.8 Å². The van der Waals surface area contributed by atoms with E-state index in [1.54, 1.807) is 13.2 Å². The van der Waals surface area contributed by atoms with Crippen LogP contribution in [0, 0.1) is 17.8 Å². The minimum Gasteiger partial charge on any atom is -0.490 e. The first-order valence-electron chi connectivity index (χ1n) is 20.2. The van der Waals surface area contributed by atoms with Gasteiger partial charge in [0, 0.05) is 67.6 Å². The Morgan fingerprint density at radius 2 is 1.98 bits per heavy atom. The van der Waals surface area contributed by atoms with Crippen molar-refractivity contribution in [1.82, 2.24) is 14.5 Å². The number of hydrogen-bond acceptors (Lipinski definition) is 8. The van der Waals surface area contributed by atoms with Crippen molar-refractivity contribution in [3.63, 3.8) is 0 Å². The summed E-state index contributed by atoms with van der Waals surface area (Å²) in [4.78, 5) is 35.1. The maximum atomic E-state index is 14.4. The van der Waals surface area contributed by atoms with Crippen LogP contribution in [0.25, 0.3) is 0 Å². The molecule has 2 saturated heterocycles. The fourth-order valence-corrected chi connectivity index (χ4v) is 11.9. The van der Waals surface area contributed by atoms with Crippen LogP contribution in [0.4, 0.5) is 5.69 Å². The van der Waals surface area contributed by atoms with Gasteiger partial charge in [-0.1, -0.05) is 36.7 Å². The molecule has 8 rings (SSSR count). The number of methoxy groups -OCH3 is 1. The van der Waals surface area contributed by atoms with Crippen molar-refractivity contribution in [2.75, 3.05) is 71.1 Å². The lowest BCUT2D eigenvalue weighted by Gasteiger charge is -2.51. The Bertz CT molecular complexity index is 1940. The lowest BCUT2D eigenvalue weighted by molar-refractivity contribution is -0.147. The smallest absolute Gasteiger partial charge is 0.262 e. The van der Waals surface area contributed by atoms with E-state index in [-0.39, 0.29) is 41.5 Å². The van der Waals surface area contributed by atoms with Crippen LogP contribution >= 0.6 is 11.6 Å². The molecule has 55 heavy (non-hydrogen) atoms. The second-order valence-electron chi connectivity index (χ2n) is 17.1. The van der Waals surface area contributed by atoms with Crippen LogP contribution in [0.3, 0.4) is 0 Å². The SMILES string of the molecule is C=S1(=O)NC(=O)c2ccc3c(c2)N(C[C@@H]2CC[C@H]2[C@@](CC(=O)N2CCN4CCOC[C@H]4C2)(OC)/C=C/C[C@H](C)[C@H]1C)C[C@@]1(CCCc2cc(Cl)ccc21)CO3. The summed E-state index contributed by atoms with van der Waals surface area (Å²) in [6.07, 6.45) is 10.0. The Morgan fingerprint density at radius 1 is 1.13 bits per heavy atom. The number of amides is 2. The average Bonchev–Trinajstić information content (AvgIpc) is 3.31. The molecule has 1 spiro atoms. The van der Waals surface area contributed by atoms with Gasteiger partial charge in [-0.2, -0.15) is 0 Å². The molecule has 1 unspecified atom stereocenters. The molecular weight excluding hydrogens is 736 g/mol. The van der Waals surface area contributed by atoms with Gasteiger partial charge in [0.2, 0.25) is 5.91 Å². The van der Waals surface area contributed by atoms with E-state index >= 15 is 0 Å². The summed E-state index contributed by atoms with van der Waals surface area (Å²) in [7, 11) is -1.27. The van der Waals surface area contributed by atoms with Crippen molar-refractivity contribution in [1.29, 1.82) is 0 Å². The average molecular weight is 793 g/mol.